The van der Waals surface area contributed by atoms with Gasteiger partial charge in [0.15, 0.2) is 0 Å². The van der Waals surface area contributed by atoms with Crippen molar-refractivity contribution in [3.63, 3.8) is 0 Å². The van der Waals surface area contributed by atoms with Gasteiger partial charge in [0, 0.05) is 0 Å². The smallest absolute Gasteiger partial charge is 0.0175 e. The second kappa shape index (κ2) is 6.41. The summed E-state index contributed by atoms with van der Waals surface area (Å²) in [6, 6.07) is 0. The lowest BCUT2D eigenvalue weighted by Crippen LogP contribution is -2.65. The Labute approximate surface area is 188 Å². The van der Waals surface area contributed by atoms with Gasteiger partial charge in [0.25, 0.3) is 0 Å². The second-order valence-electron chi connectivity index (χ2n) is 14.6. The molecule has 0 heteroatoms. The average Bonchev–Trinajstić information content (AvgIpc) is 2.99. The Morgan fingerprint density at radius 2 is 1.23 bits per heavy atom. The van der Waals surface area contributed by atoms with Crippen LogP contribution in [0.1, 0.15) is 119 Å². The lowest BCUT2D eigenvalue weighted by Gasteiger charge is -2.73. The Kier molecular flexibility index (Phi) is 4.61. The molecule has 5 saturated carbocycles. The maximum absolute atomic E-state index is 4.43. The third kappa shape index (κ3) is 2.46. The molecule has 0 aromatic rings. The largest absolute Gasteiger partial charge is 0.0999 e. The molecule has 0 aromatic carbocycles. The molecule has 0 radical (unpaired) electrons. The van der Waals surface area contributed by atoms with Gasteiger partial charge in [-0.25, -0.2) is 0 Å². The Morgan fingerprint density at radius 3 is 1.87 bits per heavy atom. The fourth-order valence-corrected chi connectivity index (χ4v) is 11.9. The quantitative estimate of drug-likeness (QED) is 0.378. The highest BCUT2D eigenvalue weighted by Crippen LogP contribution is 2.77. The van der Waals surface area contributed by atoms with Gasteiger partial charge < -0.3 is 0 Å². The first-order valence-corrected chi connectivity index (χ1v) is 13.6. The van der Waals surface area contributed by atoms with E-state index in [0.717, 1.165) is 29.6 Å². The predicted octanol–water partition coefficient (Wildman–Crippen LogP) is 9.05. The van der Waals surface area contributed by atoms with Crippen LogP contribution in [0.5, 0.6) is 0 Å². The summed E-state index contributed by atoms with van der Waals surface area (Å²) in [6.07, 6.45) is 16.3. The van der Waals surface area contributed by atoms with Crippen LogP contribution in [0.25, 0.3) is 0 Å². The zero-order valence-corrected chi connectivity index (χ0v) is 21.4. The molecule has 9 atom stereocenters. The SMILES string of the molecule is C=C(C)[C@H]1CC[C@@]2(C)[C@@H]1CC[C@]1(C)[C@@H]2CC[C@@H]2[C@@]3(C)CCCC(C)(C)[C@H]3CC[C@]21C. The molecule has 5 fully saturated rings. The van der Waals surface area contributed by atoms with Crippen molar-refractivity contribution in [1.29, 1.82) is 0 Å². The van der Waals surface area contributed by atoms with Crippen LogP contribution in [0, 0.1) is 56.7 Å². The van der Waals surface area contributed by atoms with E-state index < -0.39 is 0 Å². The highest BCUT2D eigenvalue weighted by atomic mass is 14.7. The van der Waals surface area contributed by atoms with Crippen molar-refractivity contribution in [2.75, 3.05) is 0 Å². The van der Waals surface area contributed by atoms with Gasteiger partial charge in [-0.2, -0.15) is 0 Å². The lowest BCUT2D eigenvalue weighted by molar-refractivity contribution is -0.240. The van der Waals surface area contributed by atoms with Crippen molar-refractivity contribution >= 4 is 0 Å². The van der Waals surface area contributed by atoms with Crippen molar-refractivity contribution < 1.29 is 0 Å². The predicted molar refractivity (Wildman–Crippen MR) is 129 cm³/mol. The third-order valence-corrected chi connectivity index (χ3v) is 13.3. The van der Waals surface area contributed by atoms with Gasteiger partial charge in [-0.1, -0.05) is 60.1 Å². The molecule has 0 unspecified atom stereocenters. The van der Waals surface area contributed by atoms with E-state index in [9.17, 15) is 0 Å². The van der Waals surface area contributed by atoms with E-state index in [-0.39, 0.29) is 0 Å². The topological polar surface area (TPSA) is 0 Å². The summed E-state index contributed by atoms with van der Waals surface area (Å²) < 4.78 is 0. The van der Waals surface area contributed by atoms with Gasteiger partial charge in [0.1, 0.15) is 0 Å². The van der Waals surface area contributed by atoms with Crippen LogP contribution in [0.3, 0.4) is 0 Å². The summed E-state index contributed by atoms with van der Waals surface area (Å²) in [5.41, 5.74) is 4.26. The van der Waals surface area contributed by atoms with Gasteiger partial charge in [-0.15, -0.1) is 0 Å². The lowest BCUT2D eigenvalue weighted by atomic mass is 9.32. The number of hydrogen-bond acceptors (Lipinski definition) is 0. The van der Waals surface area contributed by atoms with Crippen molar-refractivity contribution in [3.05, 3.63) is 12.2 Å². The molecule has 30 heavy (non-hydrogen) atoms. The molecule has 0 amide bonds. The molecule has 5 aliphatic carbocycles. The Hall–Kier alpha value is -0.260. The molecule has 0 nitrogen and oxygen atoms in total. The van der Waals surface area contributed by atoms with E-state index in [1.54, 1.807) is 0 Å². The van der Waals surface area contributed by atoms with Gasteiger partial charge in [-0.3, -0.25) is 0 Å². The summed E-state index contributed by atoms with van der Waals surface area (Å²) in [5, 5.41) is 0. The molecule has 0 spiro atoms. The number of hydrogen-bond donors (Lipinski definition) is 0. The minimum absolute atomic E-state index is 0.542. The van der Waals surface area contributed by atoms with Crippen molar-refractivity contribution in [1.82, 2.24) is 0 Å². The van der Waals surface area contributed by atoms with E-state index in [4.69, 9.17) is 0 Å². The molecule has 0 heterocycles. The van der Waals surface area contributed by atoms with E-state index in [1.807, 2.05) is 0 Å². The zero-order valence-electron chi connectivity index (χ0n) is 21.4. The zero-order chi connectivity index (χ0) is 21.7. The first-order valence-electron chi connectivity index (χ1n) is 13.6. The van der Waals surface area contributed by atoms with E-state index in [1.165, 1.54) is 76.2 Å². The van der Waals surface area contributed by atoms with E-state index in [0.29, 0.717) is 27.1 Å². The van der Waals surface area contributed by atoms with E-state index >= 15 is 0 Å². The Bertz CT molecular complexity index is 730. The van der Waals surface area contributed by atoms with Gasteiger partial charge in [-0.05, 0) is 128 Å². The normalized spacial score (nSPS) is 57.0. The van der Waals surface area contributed by atoms with Crippen molar-refractivity contribution in [3.8, 4) is 0 Å². The molecule has 0 saturated heterocycles. The van der Waals surface area contributed by atoms with Crippen LogP contribution in [-0.4, -0.2) is 0 Å². The summed E-state index contributed by atoms with van der Waals surface area (Å²) in [7, 11) is 0. The highest BCUT2D eigenvalue weighted by Gasteiger charge is 2.70. The van der Waals surface area contributed by atoms with Crippen LogP contribution >= 0.6 is 0 Å². The van der Waals surface area contributed by atoms with Crippen LogP contribution in [0.15, 0.2) is 12.2 Å². The summed E-state index contributed by atoms with van der Waals surface area (Å²) in [5.74, 6) is 4.54. The second-order valence-corrected chi connectivity index (χ2v) is 14.6. The van der Waals surface area contributed by atoms with Crippen molar-refractivity contribution in [2.24, 2.45) is 56.7 Å². The molecule has 0 aliphatic heterocycles. The third-order valence-electron chi connectivity index (χ3n) is 13.3. The van der Waals surface area contributed by atoms with Gasteiger partial charge in [0.2, 0.25) is 0 Å². The molecule has 5 rings (SSSR count). The van der Waals surface area contributed by atoms with E-state index in [2.05, 4.69) is 55.0 Å². The number of fused-ring (bicyclic) bond motifs is 7. The average molecular weight is 411 g/mol. The fraction of sp³-hybridized carbons (Fsp3) is 0.933. The number of rotatable bonds is 1. The summed E-state index contributed by atoms with van der Waals surface area (Å²) in [4.78, 5) is 0. The first-order chi connectivity index (χ1) is 13.9. The maximum atomic E-state index is 4.43. The molecule has 170 valence electrons. The monoisotopic (exact) mass is 410 g/mol. The molecule has 5 aliphatic rings. The molecule has 0 bridgehead atoms. The fourth-order valence-electron chi connectivity index (χ4n) is 11.9. The van der Waals surface area contributed by atoms with Crippen LogP contribution in [0.4, 0.5) is 0 Å². The minimum Gasteiger partial charge on any atom is -0.0999 e. The summed E-state index contributed by atoms with van der Waals surface area (Å²) in [6.45, 7) is 23.0. The molecular formula is C30H50. The highest BCUT2D eigenvalue weighted by molar-refractivity contribution is 5.20. The van der Waals surface area contributed by atoms with Crippen LogP contribution in [-0.2, 0) is 0 Å². The van der Waals surface area contributed by atoms with Gasteiger partial charge in [0.05, 0.1) is 0 Å². The Morgan fingerprint density at radius 1 is 0.633 bits per heavy atom. The van der Waals surface area contributed by atoms with Crippen LogP contribution in [0.2, 0.25) is 0 Å². The van der Waals surface area contributed by atoms with Gasteiger partial charge >= 0.3 is 0 Å². The molecule has 0 N–H and O–H groups in total. The summed E-state index contributed by atoms with van der Waals surface area (Å²) >= 11 is 0. The first kappa shape index (κ1) is 21.6. The maximum Gasteiger partial charge on any atom is -0.0175 e. The van der Waals surface area contributed by atoms with Crippen LogP contribution < -0.4 is 0 Å². The standard InChI is InChI=1S/C30H50/c1-20(2)21-12-17-27(5)22(21)13-18-29(7)24(27)10-11-25-28(6)16-9-15-26(3,4)23(28)14-19-30(25,29)8/h21-25H,1,9-19H2,2-8H3/t21-,22-,23-,24-,25-,27+,28+,29-,30-/m1/s1. The Balaban J connectivity index is 1.53. The number of allylic oxidation sites excluding steroid dienone is 1. The molecular weight excluding hydrogens is 360 g/mol. The minimum atomic E-state index is 0.542. The molecule has 0 aromatic heterocycles. The van der Waals surface area contributed by atoms with Crippen molar-refractivity contribution in [2.45, 2.75) is 119 Å².